The van der Waals surface area contributed by atoms with Gasteiger partial charge in [-0.25, -0.2) is 0 Å². The number of hydrogen-bond acceptors (Lipinski definition) is 6. The van der Waals surface area contributed by atoms with Crippen LogP contribution >= 0.6 is 11.6 Å². The molecule has 1 aromatic carbocycles. The number of anilines is 1. The highest BCUT2D eigenvalue weighted by Gasteiger charge is 2.78. The third-order valence-corrected chi connectivity index (χ3v) is 8.49. The number of halogens is 1. The number of aryl methyl sites for hydroxylation is 1. The van der Waals surface area contributed by atoms with Gasteiger partial charge in [-0.15, -0.1) is 13.2 Å². The molecule has 2 amide bonds. The van der Waals surface area contributed by atoms with Crippen molar-refractivity contribution >= 4 is 35.1 Å². The third kappa shape index (κ3) is 4.56. The first kappa shape index (κ1) is 28.3. The molecular weight excluding hydrogens is 508 g/mol. The molecule has 3 heterocycles. The summed E-state index contributed by atoms with van der Waals surface area (Å²) in [6, 6.07) is 4.34. The minimum atomic E-state index is -1.21. The maximum atomic E-state index is 14.4. The topological polar surface area (TPSA) is 96.4 Å². The van der Waals surface area contributed by atoms with Crippen LogP contribution in [0.5, 0.6) is 0 Å². The first-order valence-electron chi connectivity index (χ1n) is 13.2. The number of aliphatic hydroxyl groups is 1. The number of unbranched alkanes of at least 4 members (excludes halogenated alkanes) is 2. The molecule has 38 heavy (non-hydrogen) atoms. The van der Waals surface area contributed by atoms with Gasteiger partial charge < -0.3 is 24.4 Å². The zero-order valence-corrected chi connectivity index (χ0v) is 22.9. The summed E-state index contributed by atoms with van der Waals surface area (Å²) in [6.45, 7) is 11.2. The summed E-state index contributed by atoms with van der Waals surface area (Å²) in [5.41, 5.74) is -0.809. The number of para-hydroxylation sites is 1. The summed E-state index contributed by atoms with van der Waals surface area (Å²) in [5, 5.41) is 10.2. The summed E-state index contributed by atoms with van der Waals surface area (Å²) >= 11 is 6.55. The molecule has 0 aromatic heterocycles. The largest absolute Gasteiger partial charge is 0.465 e. The summed E-state index contributed by atoms with van der Waals surface area (Å²) in [6.07, 6.45) is 6.74. The van der Waals surface area contributed by atoms with E-state index in [0.29, 0.717) is 30.0 Å². The van der Waals surface area contributed by atoms with E-state index in [-0.39, 0.29) is 38.1 Å². The summed E-state index contributed by atoms with van der Waals surface area (Å²) in [7, 11) is 0. The van der Waals surface area contributed by atoms with E-state index in [0.717, 1.165) is 18.4 Å². The Bertz CT molecular complexity index is 1100. The zero-order valence-electron chi connectivity index (χ0n) is 22.2. The first-order valence-corrected chi connectivity index (χ1v) is 13.6. The molecule has 2 unspecified atom stereocenters. The molecule has 1 N–H and O–H groups in total. The third-order valence-electron chi connectivity index (χ3n) is 8.19. The van der Waals surface area contributed by atoms with Gasteiger partial charge in [0.2, 0.25) is 5.91 Å². The van der Waals surface area contributed by atoms with E-state index in [1.54, 1.807) is 18.2 Å². The van der Waals surface area contributed by atoms with Crippen LogP contribution in [-0.2, 0) is 23.9 Å². The maximum absolute atomic E-state index is 14.4. The van der Waals surface area contributed by atoms with Crippen LogP contribution in [0.25, 0.3) is 0 Å². The lowest BCUT2D eigenvalue weighted by molar-refractivity contribution is -0.159. The quantitative estimate of drug-likeness (QED) is 0.244. The normalized spacial score (nSPS) is 29.3. The Morgan fingerprint density at radius 2 is 2.05 bits per heavy atom. The number of carbonyl (C=O) groups excluding carboxylic acids is 3. The smallest absolute Gasteiger partial charge is 0.312 e. The lowest BCUT2D eigenvalue weighted by Gasteiger charge is -2.37. The number of rotatable bonds is 12. The van der Waals surface area contributed by atoms with Gasteiger partial charge in [-0.2, -0.15) is 0 Å². The van der Waals surface area contributed by atoms with Crippen molar-refractivity contribution in [1.82, 2.24) is 4.90 Å². The van der Waals surface area contributed by atoms with Gasteiger partial charge in [-0.1, -0.05) is 35.9 Å². The highest BCUT2D eigenvalue weighted by molar-refractivity contribution is 6.34. The van der Waals surface area contributed by atoms with Gasteiger partial charge in [0.15, 0.2) is 0 Å². The molecule has 3 saturated heterocycles. The van der Waals surface area contributed by atoms with E-state index in [1.165, 1.54) is 9.80 Å². The SMILES string of the molecule is C=CCCCCOC(=O)[C@H]1[C@H]2C(=O)N(CCO)C(C(=O)N(CC=C)c3c(C)cccc3Cl)C23CC[C@]1(C)O3. The van der Waals surface area contributed by atoms with Crippen molar-refractivity contribution in [3.05, 3.63) is 54.1 Å². The molecule has 2 bridgehead atoms. The van der Waals surface area contributed by atoms with E-state index in [2.05, 4.69) is 13.2 Å². The van der Waals surface area contributed by atoms with Gasteiger partial charge in [-0.05, 0) is 57.6 Å². The number of likely N-dealkylation sites (tertiary alicyclic amines) is 1. The minimum absolute atomic E-state index is 0.0552. The van der Waals surface area contributed by atoms with Crippen LogP contribution in [0, 0.1) is 18.8 Å². The number of carbonyl (C=O) groups is 3. The van der Waals surface area contributed by atoms with Gasteiger partial charge in [0.25, 0.3) is 5.91 Å². The Balaban J connectivity index is 1.71. The van der Waals surface area contributed by atoms with Crippen molar-refractivity contribution in [1.29, 1.82) is 0 Å². The highest BCUT2D eigenvalue weighted by atomic mass is 35.5. The van der Waals surface area contributed by atoms with Crippen LogP contribution < -0.4 is 4.90 Å². The number of aliphatic hydroxyl groups excluding tert-OH is 1. The Morgan fingerprint density at radius 1 is 1.29 bits per heavy atom. The van der Waals surface area contributed by atoms with Gasteiger partial charge in [-0.3, -0.25) is 14.4 Å². The Kier molecular flexibility index (Phi) is 8.35. The predicted octanol–water partition coefficient (Wildman–Crippen LogP) is 3.82. The number of esters is 1. The summed E-state index contributed by atoms with van der Waals surface area (Å²) < 4.78 is 12.2. The Labute approximate surface area is 229 Å². The summed E-state index contributed by atoms with van der Waals surface area (Å²) in [5.74, 6) is -2.94. The molecule has 206 valence electrons. The van der Waals surface area contributed by atoms with Crippen molar-refractivity contribution < 1.29 is 29.0 Å². The van der Waals surface area contributed by atoms with E-state index >= 15 is 0 Å². The second-order valence-electron chi connectivity index (χ2n) is 10.6. The van der Waals surface area contributed by atoms with Gasteiger partial charge in [0, 0.05) is 13.1 Å². The fraction of sp³-hybridized carbons (Fsp3) is 0.552. The predicted molar refractivity (Wildman–Crippen MR) is 145 cm³/mol. The van der Waals surface area contributed by atoms with E-state index in [1.807, 2.05) is 26.0 Å². The molecule has 0 aliphatic carbocycles. The van der Waals surface area contributed by atoms with Crippen LogP contribution in [0.1, 0.15) is 44.6 Å². The van der Waals surface area contributed by atoms with Gasteiger partial charge in [0.1, 0.15) is 17.6 Å². The molecule has 3 fully saturated rings. The number of hydrogen-bond donors (Lipinski definition) is 1. The number of nitrogens with zero attached hydrogens (tertiary/aromatic N) is 2. The van der Waals surface area contributed by atoms with Crippen molar-refractivity contribution in [2.24, 2.45) is 11.8 Å². The second-order valence-corrected chi connectivity index (χ2v) is 11.0. The molecule has 1 spiro atoms. The Morgan fingerprint density at radius 3 is 2.71 bits per heavy atom. The fourth-order valence-corrected chi connectivity index (χ4v) is 6.92. The molecule has 3 aliphatic rings. The summed E-state index contributed by atoms with van der Waals surface area (Å²) in [4.78, 5) is 44.6. The molecule has 1 aromatic rings. The van der Waals surface area contributed by atoms with E-state index in [9.17, 15) is 19.5 Å². The van der Waals surface area contributed by atoms with Crippen LogP contribution in [0.4, 0.5) is 5.69 Å². The van der Waals surface area contributed by atoms with Crippen LogP contribution in [0.3, 0.4) is 0 Å². The fourth-order valence-electron chi connectivity index (χ4n) is 6.60. The molecule has 5 atom stereocenters. The monoisotopic (exact) mass is 544 g/mol. The van der Waals surface area contributed by atoms with E-state index < -0.39 is 35.0 Å². The van der Waals surface area contributed by atoms with Crippen molar-refractivity contribution in [2.75, 3.05) is 31.2 Å². The minimum Gasteiger partial charge on any atom is -0.465 e. The molecule has 8 nitrogen and oxygen atoms in total. The molecule has 0 radical (unpaired) electrons. The van der Waals surface area contributed by atoms with Gasteiger partial charge in [0.05, 0.1) is 35.4 Å². The van der Waals surface area contributed by atoms with Crippen LogP contribution in [0.15, 0.2) is 43.5 Å². The average Bonchev–Trinajstić information content (AvgIpc) is 3.44. The zero-order chi connectivity index (χ0) is 27.7. The number of β-amino-alcohol motifs (C(OH)–C–C–N with tert-alkyl or cyclic N) is 1. The van der Waals surface area contributed by atoms with Crippen LogP contribution in [0.2, 0.25) is 5.02 Å². The maximum Gasteiger partial charge on any atom is 0.312 e. The molecule has 4 rings (SSSR count). The average molecular weight is 545 g/mol. The number of amides is 2. The van der Waals surface area contributed by atoms with Crippen molar-refractivity contribution in [3.63, 3.8) is 0 Å². The first-order chi connectivity index (χ1) is 18.2. The molecule has 9 heteroatoms. The van der Waals surface area contributed by atoms with Gasteiger partial charge >= 0.3 is 5.97 Å². The molecule has 3 aliphatic heterocycles. The van der Waals surface area contributed by atoms with Crippen molar-refractivity contribution in [2.45, 2.75) is 63.2 Å². The van der Waals surface area contributed by atoms with Crippen LogP contribution in [-0.4, -0.2) is 71.3 Å². The lowest BCUT2D eigenvalue weighted by atomic mass is 9.66. The number of allylic oxidation sites excluding steroid dienone is 1. The van der Waals surface area contributed by atoms with Crippen molar-refractivity contribution in [3.8, 4) is 0 Å². The van der Waals surface area contributed by atoms with E-state index in [4.69, 9.17) is 21.1 Å². The number of fused-ring (bicyclic) bond motifs is 1. The highest BCUT2D eigenvalue weighted by Crippen LogP contribution is 2.63. The molecule has 0 saturated carbocycles. The Hall–Kier alpha value is -2.68. The number of benzene rings is 1. The standard InChI is InChI=1S/C29H37ClN2O6/c1-5-7-8-9-18-37-27(36)22-21-25(34)32(16-17-33)24(29(21)14-13-28(22,4)38-29)26(35)31(15-6-2)23-19(3)11-10-12-20(23)30/h5-6,10-12,21-22,24,33H,1-2,7-9,13-18H2,3-4H3/t21-,22+,24?,28-,29?/m0/s1. The second kappa shape index (κ2) is 11.2. The molecular formula is C29H37ClN2O6. The number of ether oxygens (including phenoxy) is 2. The lowest BCUT2D eigenvalue weighted by Crippen LogP contribution is -2.57.